The van der Waals surface area contributed by atoms with E-state index in [1.54, 1.807) is 30.3 Å². The second-order valence-corrected chi connectivity index (χ2v) is 4.75. The maximum atomic E-state index is 13.5. The van der Waals surface area contributed by atoms with Gasteiger partial charge in [0.2, 0.25) is 5.91 Å². The fraction of sp³-hybridized carbons (Fsp3) is 0.167. The number of rotatable bonds is 6. The molecule has 0 radical (unpaired) electrons. The number of hydrogen-bond acceptors (Lipinski definition) is 4. The van der Waals surface area contributed by atoms with Crippen LogP contribution in [-0.2, 0) is 4.79 Å². The topological polar surface area (TPSA) is 56.8 Å². The summed E-state index contributed by atoms with van der Waals surface area (Å²) in [6.07, 6.45) is 2.84. The summed E-state index contributed by atoms with van der Waals surface area (Å²) in [6, 6.07) is 9.29. The van der Waals surface area contributed by atoms with Crippen LogP contribution in [0.3, 0.4) is 0 Å². The van der Waals surface area contributed by atoms with E-state index >= 15 is 0 Å². The van der Waals surface area contributed by atoms with Crippen molar-refractivity contribution in [3.8, 4) is 17.2 Å². The first kappa shape index (κ1) is 17.3. The molecule has 24 heavy (non-hydrogen) atoms. The number of hydrogen-bond donors (Lipinski definition) is 1. The van der Waals surface area contributed by atoms with Crippen LogP contribution < -0.4 is 19.5 Å². The molecule has 2 aromatic carbocycles. The highest BCUT2D eigenvalue weighted by Crippen LogP contribution is 2.35. The van der Waals surface area contributed by atoms with E-state index in [0.29, 0.717) is 22.8 Å². The number of ether oxygens (including phenoxy) is 3. The molecule has 0 heterocycles. The van der Waals surface area contributed by atoms with E-state index in [1.165, 1.54) is 39.5 Å². The minimum Gasteiger partial charge on any atom is -0.496 e. The second kappa shape index (κ2) is 8.01. The van der Waals surface area contributed by atoms with Crippen LogP contribution in [0.15, 0.2) is 42.5 Å². The zero-order chi connectivity index (χ0) is 17.5. The van der Waals surface area contributed by atoms with Crippen molar-refractivity contribution in [2.75, 3.05) is 26.6 Å². The Kier molecular flexibility index (Phi) is 5.78. The molecule has 1 amide bonds. The van der Waals surface area contributed by atoms with Gasteiger partial charge >= 0.3 is 0 Å². The Labute approximate surface area is 139 Å². The molecule has 126 valence electrons. The van der Waals surface area contributed by atoms with E-state index in [9.17, 15) is 9.18 Å². The number of carbonyl (C=O) groups excluding carboxylic acids is 1. The predicted molar refractivity (Wildman–Crippen MR) is 90.2 cm³/mol. The van der Waals surface area contributed by atoms with Crippen LogP contribution in [0, 0.1) is 5.82 Å². The van der Waals surface area contributed by atoms with Crippen LogP contribution in [-0.4, -0.2) is 27.2 Å². The lowest BCUT2D eigenvalue weighted by Crippen LogP contribution is -2.09. The lowest BCUT2D eigenvalue weighted by atomic mass is 10.1. The van der Waals surface area contributed by atoms with Crippen LogP contribution in [0.5, 0.6) is 17.2 Å². The van der Waals surface area contributed by atoms with Crippen molar-refractivity contribution in [1.82, 2.24) is 0 Å². The number of halogens is 1. The normalized spacial score (nSPS) is 10.5. The molecule has 2 aromatic rings. The van der Waals surface area contributed by atoms with Gasteiger partial charge in [0.15, 0.2) is 11.5 Å². The van der Waals surface area contributed by atoms with Gasteiger partial charge in [0.05, 0.1) is 27.0 Å². The zero-order valence-electron chi connectivity index (χ0n) is 13.6. The average molecular weight is 331 g/mol. The minimum absolute atomic E-state index is 0.117. The minimum atomic E-state index is -0.497. The van der Waals surface area contributed by atoms with E-state index < -0.39 is 11.7 Å². The van der Waals surface area contributed by atoms with Gasteiger partial charge in [0.1, 0.15) is 11.6 Å². The molecule has 0 saturated heterocycles. The Hall–Kier alpha value is -3.02. The van der Waals surface area contributed by atoms with Crippen molar-refractivity contribution in [1.29, 1.82) is 0 Å². The number of methoxy groups -OCH3 is 3. The Morgan fingerprint density at radius 3 is 2.25 bits per heavy atom. The predicted octanol–water partition coefficient (Wildman–Crippen LogP) is 3.50. The van der Waals surface area contributed by atoms with Gasteiger partial charge in [0.25, 0.3) is 0 Å². The number of para-hydroxylation sites is 1. The van der Waals surface area contributed by atoms with E-state index in [2.05, 4.69) is 5.32 Å². The molecular weight excluding hydrogens is 313 g/mol. The standard InChI is InChI=1S/C18H18FNO4/c1-22-15-11-17(24-3)16(23-2)10-12(15)8-9-18(21)20-14-7-5-4-6-13(14)19/h4-11H,1-3H3,(H,20,21)/b9-8+. The number of benzene rings is 2. The molecule has 1 N–H and O–H groups in total. The summed E-state index contributed by atoms with van der Waals surface area (Å²) in [7, 11) is 4.55. The van der Waals surface area contributed by atoms with Gasteiger partial charge in [-0.2, -0.15) is 0 Å². The molecule has 0 aliphatic rings. The lowest BCUT2D eigenvalue weighted by molar-refractivity contribution is -0.111. The summed E-state index contributed by atoms with van der Waals surface area (Å²) < 4.78 is 29.2. The molecule has 2 rings (SSSR count). The Morgan fingerprint density at radius 1 is 1.00 bits per heavy atom. The summed E-state index contributed by atoms with van der Waals surface area (Å²) >= 11 is 0. The van der Waals surface area contributed by atoms with Crippen molar-refractivity contribution < 1.29 is 23.4 Å². The number of carbonyl (C=O) groups is 1. The Morgan fingerprint density at radius 2 is 1.62 bits per heavy atom. The molecule has 0 aliphatic heterocycles. The monoisotopic (exact) mass is 331 g/mol. The molecule has 6 heteroatoms. The van der Waals surface area contributed by atoms with Crippen LogP contribution in [0.2, 0.25) is 0 Å². The SMILES string of the molecule is COc1cc(OC)c(OC)cc1/C=C/C(=O)Nc1ccccc1F. The Bertz CT molecular complexity index is 759. The van der Waals surface area contributed by atoms with E-state index in [1.807, 2.05) is 0 Å². The first-order valence-electron chi connectivity index (χ1n) is 7.12. The molecular formula is C18H18FNO4. The smallest absolute Gasteiger partial charge is 0.248 e. The molecule has 0 aromatic heterocycles. The number of nitrogens with one attached hydrogen (secondary N) is 1. The van der Waals surface area contributed by atoms with Crippen molar-refractivity contribution in [3.63, 3.8) is 0 Å². The first-order valence-corrected chi connectivity index (χ1v) is 7.12. The third-order valence-corrected chi connectivity index (χ3v) is 3.28. The molecule has 0 fully saturated rings. The summed E-state index contributed by atoms with van der Waals surface area (Å²) in [5.74, 6) is 0.581. The maximum Gasteiger partial charge on any atom is 0.248 e. The molecule has 0 bridgehead atoms. The van der Waals surface area contributed by atoms with Crippen LogP contribution in [0.4, 0.5) is 10.1 Å². The van der Waals surface area contributed by atoms with Crippen LogP contribution >= 0.6 is 0 Å². The van der Waals surface area contributed by atoms with Crippen LogP contribution in [0.1, 0.15) is 5.56 Å². The van der Waals surface area contributed by atoms with Gasteiger partial charge in [-0.1, -0.05) is 12.1 Å². The largest absolute Gasteiger partial charge is 0.496 e. The molecule has 0 atom stereocenters. The third kappa shape index (κ3) is 4.04. The fourth-order valence-corrected chi connectivity index (χ4v) is 2.09. The molecule has 0 aliphatic carbocycles. The summed E-state index contributed by atoms with van der Waals surface area (Å²) in [4.78, 5) is 12.0. The third-order valence-electron chi connectivity index (χ3n) is 3.28. The summed E-state index contributed by atoms with van der Waals surface area (Å²) in [5, 5.41) is 2.47. The molecule has 0 spiro atoms. The highest BCUT2D eigenvalue weighted by atomic mass is 19.1. The van der Waals surface area contributed by atoms with Crippen molar-refractivity contribution in [3.05, 3.63) is 53.9 Å². The van der Waals surface area contributed by atoms with Gasteiger partial charge in [-0.25, -0.2) is 4.39 Å². The van der Waals surface area contributed by atoms with Crippen molar-refractivity contribution in [2.45, 2.75) is 0 Å². The van der Waals surface area contributed by atoms with Crippen LogP contribution in [0.25, 0.3) is 6.08 Å². The summed E-state index contributed by atoms with van der Waals surface area (Å²) in [6.45, 7) is 0. The maximum absolute atomic E-state index is 13.5. The van der Waals surface area contributed by atoms with E-state index in [0.717, 1.165) is 0 Å². The van der Waals surface area contributed by atoms with E-state index in [-0.39, 0.29) is 5.69 Å². The molecule has 0 saturated carbocycles. The lowest BCUT2D eigenvalue weighted by Gasteiger charge is -2.12. The van der Waals surface area contributed by atoms with Crippen molar-refractivity contribution in [2.24, 2.45) is 0 Å². The van der Waals surface area contributed by atoms with Gasteiger partial charge in [-0.15, -0.1) is 0 Å². The van der Waals surface area contributed by atoms with Gasteiger partial charge in [-0.3, -0.25) is 4.79 Å². The molecule has 0 unspecified atom stereocenters. The highest BCUT2D eigenvalue weighted by Gasteiger charge is 2.10. The average Bonchev–Trinajstić information content (AvgIpc) is 2.61. The van der Waals surface area contributed by atoms with Gasteiger partial charge in [-0.05, 0) is 24.3 Å². The number of amides is 1. The summed E-state index contributed by atoms with van der Waals surface area (Å²) in [5.41, 5.74) is 0.741. The van der Waals surface area contributed by atoms with Gasteiger partial charge < -0.3 is 19.5 Å². The quantitative estimate of drug-likeness (QED) is 0.823. The zero-order valence-corrected chi connectivity index (χ0v) is 13.6. The van der Waals surface area contributed by atoms with E-state index in [4.69, 9.17) is 14.2 Å². The van der Waals surface area contributed by atoms with Gasteiger partial charge in [0, 0.05) is 17.7 Å². The second-order valence-electron chi connectivity index (χ2n) is 4.75. The first-order chi connectivity index (χ1) is 11.6. The number of anilines is 1. The van der Waals surface area contributed by atoms with Crippen molar-refractivity contribution >= 4 is 17.7 Å². The Balaban J connectivity index is 2.21. The fourth-order valence-electron chi connectivity index (χ4n) is 2.09. The molecule has 5 nitrogen and oxygen atoms in total. The highest BCUT2D eigenvalue weighted by molar-refractivity contribution is 6.02.